The van der Waals surface area contributed by atoms with Crippen LogP contribution in [0.5, 0.6) is 0 Å². The van der Waals surface area contributed by atoms with E-state index in [4.69, 9.17) is 0 Å². The Balaban J connectivity index is 1.69. The van der Waals surface area contributed by atoms with Crippen molar-refractivity contribution in [2.45, 2.75) is 45.2 Å². The van der Waals surface area contributed by atoms with Gasteiger partial charge in [-0.15, -0.1) is 0 Å². The van der Waals surface area contributed by atoms with Crippen LogP contribution in [0.25, 0.3) is 6.08 Å². The maximum atomic E-state index is 14.5. The Morgan fingerprint density at radius 3 is 2.51 bits per heavy atom. The Morgan fingerprint density at radius 2 is 1.78 bits per heavy atom. The second kappa shape index (κ2) is 7.97. The number of carbonyl (C=O) groups excluding carboxylic acids is 3. The van der Waals surface area contributed by atoms with Crippen molar-refractivity contribution in [3.05, 3.63) is 95.3 Å². The molecule has 0 aliphatic carbocycles. The smallest absolute Gasteiger partial charge is 0.238 e. The van der Waals surface area contributed by atoms with Crippen molar-refractivity contribution < 1.29 is 14.4 Å². The maximum absolute atomic E-state index is 14.5. The van der Waals surface area contributed by atoms with Gasteiger partial charge in [-0.3, -0.25) is 19.4 Å². The molecule has 6 nitrogen and oxygen atoms in total. The van der Waals surface area contributed by atoms with Crippen molar-refractivity contribution in [3.8, 4) is 0 Å². The molecule has 3 aliphatic rings. The van der Waals surface area contributed by atoms with Gasteiger partial charge >= 0.3 is 0 Å². The number of hydrogen-bond acceptors (Lipinski definition) is 5. The van der Waals surface area contributed by atoms with Gasteiger partial charge in [-0.2, -0.15) is 0 Å². The van der Waals surface area contributed by atoms with Crippen LogP contribution in [0.3, 0.4) is 0 Å². The molecule has 1 spiro atoms. The summed E-state index contributed by atoms with van der Waals surface area (Å²) in [6, 6.07) is 17.4. The Morgan fingerprint density at radius 1 is 1.03 bits per heavy atom. The first-order valence-electron chi connectivity index (χ1n) is 12.6. The van der Waals surface area contributed by atoms with Crippen molar-refractivity contribution in [2.75, 3.05) is 10.2 Å². The lowest BCUT2D eigenvalue weighted by Gasteiger charge is -2.38. The normalized spacial score (nSPS) is 25.5. The highest BCUT2D eigenvalue weighted by Gasteiger charge is 2.70. The molecule has 1 fully saturated rings. The fourth-order valence-electron chi connectivity index (χ4n) is 6.41. The van der Waals surface area contributed by atoms with E-state index in [9.17, 15) is 14.4 Å². The molecule has 1 amide bonds. The molecule has 1 N–H and O–H groups in total. The number of ketones is 2. The van der Waals surface area contributed by atoms with Crippen molar-refractivity contribution in [3.63, 3.8) is 0 Å². The first-order chi connectivity index (χ1) is 17.7. The molecule has 0 bridgehead atoms. The number of nitrogens with zero attached hydrogens (tertiary/aromatic N) is 2. The number of pyridine rings is 1. The zero-order chi connectivity index (χ0) is 26.1. The molecule has 37 heavy (non-hydrogen) atoms. The molecule has 4 atom stereocenters. The Bertz CT molecular complexity index is 1490. The van der Waals surface area contributed by atoms with Crippen molar-refractivity contribution in [1.82, 2.24) is 4.98 Å². The molecule has 4 unspecified atom stereocenters. The van der Waals surface area contributed by atoms with E-state index in [1.807, 2.05) is 81.1 Å². The molecule has 6 rings (SSSR count). The lowest BCUT2D eigenvalue weighted by Crippen LogP contribution is -2.51. The highest BCUT2D eigenvalue weighted by atomic mass is 16.2. The number of Topliss-reactive ketones (excluding diaryl/α,β-unsaturated/α-hetero) is 2. The van der Waals surface area contributed by atoms with E-state index in [0.29, 0.717) is 5.69 Å². The third-order valence-corrected chi connectivity index (χ3v) is 8.00. The van der Waals surface area contributed by atoms with Crippen LogP contribution in [0, 0.1) is 18.3 Å². The zero-order valence-electron chi connectivity index (χ0n) is 21.4. The summed E-state index contributed by atoms with van der Waals surface area (Å²) in [5.41, 5.74) is 2.55. The standard InChI is InChI=1S/C31H29N3O3/c1-18-12-14-23-19(17-18)13-15-24-31(20-9-5-6-10-21(20)33-29(31)37)25(27(35)22-11-7-8-16-32-22)26(34(23)24)28(36)30(2,3)4/h5-17,24-26H,1-4H3,(H,33,37). The van der Waals surface area contributed by atoms with Gasteiger partial charge in [-0.05, 0) is 48.4 Å². The summed E-state index contributed by atoms with van der Waals surface area (Å²) in [5, 5.41) is 3.05. The summed E-state index contributed by atoms with van der Waals surface area (Å²) in [7, 11) is 0. The number of aromatic nitrogens is 1. The lowest BCUT2D eigenvalue weighted by molar-refractivity contribution is -0.128. The van der Waals surface area contributed by atoms with E-state index in [2.05, 4.69) is 16.4 Å². The number of aryl methyl sites for hydroxylation is 1. The average molecular weight is 492 g/mol. The van der Waals surface area contributed by atoms with E-state index in [1.54, 1.807) is 24.4 Å². The monoisotopic (exact) mass is 491 g/mol. The number of rotatable bonds is 3. The quantitative estimate of drug-likeness (QED) is 0.523. The van der Waals surface area contributed by atoms with Gasteiger partial charge in [0.05, 0.1) is 12.0 Å². The predicted molar refractivity (Wildman–Crippen MR) is 144 cm³/mol. The molecule has 2 aromatic carbocycles. The molecular weight excluding hydrogens is 462 g/mol. The van der Waals surface area contributed by atoms with Gasteiger partial charge < -0.3 is 10.2 Å². The van der Waals surface area contributed by atoms with Crippen LogP contribution in [-0.2, 0) is 15.0 Å². The summed E-state index contributed by atoms with van der Waals surface area (Å²) in [6.07, 6.45) is 5.59. The summed E-state index contributed by atoms with van der Waals surface area (Å²) in [4.78, 5) is 49.4. The highest BCUT2D eigenvalue weighted by molar-refractivity contribution is 6.16. The molecular formula is C31H29N3O3. The number of hydrogen-bond donors (Lipinski definition) is 1. The van der Waals surface area contributed by atoms with Gasteiger partial charge in [-0.25, -0.2) is 0 Å². The first-order valence-corrected chi connectivity index (χ1v) is 12.6. The zero-order valence-corrected chi connectivity index (χ0v) is 21.4. The van der Waals surface area contributed by atoms with Crippen molar-refractivity contribution in [1.29, 1.82) is 0 Å². The van der Waals surface area contributed by atoms with Crippen molar-refractivity contribution >= 4 is 34.9 Å². The Labute approximate surface area is 216 Å². The van der Waals surface area contributed by atoms with Crippen LogP contribution in [0.4, 0.5) is 11.4 Å². The van der Waals surface area contributed by atoms with Crippen LogP contribution in [0.2, 0.25) is 0 Å². The predicted octanol–water partition coefficient (Wildman–Crippen LogP) is 4.98. The van der Waals surface area contributed by atoms with Gasteiger partial charge in [0.25, 0.3) is 0 Å². The number of carbonyl (C=O) groups is 3. The molecule has 6 heteroatoms. The van der Waals surface area contributed by atoms with Gasteiger partial charge in [0, 0.05) is 23.0 Å². The molecule has 1 aromatic heterocycles. The molecule has 0 saturated carbocycles. The largest absolute Gasteiger partial charge is 0.352 e. The Hall–Kier alpha value is -4.06. The number of amides is 1. The molecule has 3 aromatic rings. The molecule has 186 valence electrons. The molecule has 3 aliphatic heterocycles. The van der Waals surface area contributed by atoms with E-state index >= 15 is 0 Å². The third kappa shape index (κ3) is 3.18. The van der Waals surface area contributed by atoms with Gasteiger partial charge in [-0.1, -0.05) is 68.8 Å². The summed E-state index contributed by atoms with van der Waals surface area (Å²) in [6.45, 7) is 7.64. The SMILES string of the molecule is Cc1ccc2c(c1)C=CC1N2C(C(=O)C(C)(C)C)C(C(=O)c2ccccn2)C12C(=O)Nc1ccccc12. The van der Waals surface area contributed by atoms with Crippen LogP contribution < -0.4 is 10.2 Å². The third-order valence-electron chi connectivity index (χ3n) is 8.00. The van der Waals surface area contributed by atoms with Crippen LogP contribution in [0.15, 0.2) is 72.9 Å². The summed E-state index contributed by atoms with van der Waals surface area (Å²) < 4.78 is 0. The minimum Gasteiger partial charge on any atom is -0.352 e. The van der Waals surface area contributed by atoms with E-state index in [0.717, 1.165) is 22.4 Å². The second-order valence-corrected chi connectivity index (χ2v) is 11.3. The fourth-order valence-corrected chi connectivity index (χ4v) is 6.41. The van der Waals surface area contributed by atoms with Gasteiger partial charge in [0.2, 0.25) is 5.91 Å². The van der Waals surface area contributed by atoms with E-state index in [-0.39, 0.29) is 23.2 Å². The number of anilines is 2. The lowest BCUT2D eigenvalue weighted by atomic mass is 9.63. The number of nitrogens with one attached hydrogen (secondary N) is 1. The minimum atomic E-state index is -1.30. The minimum absolute atomic E-state index is 0.0809. The Kier molecular flexibility index (Phi) is 5.03. The average Bonchev–Trinajstić information content (AvgIpc) is 3.35. The molecule has 1 saturated heterocycles. The van der Waals surface area contributed by atoms with Crippen LogP contribution in [-0.4, -0.2) is 34.5 Å². The van der Waals surface area contributed by atoms with Gasteiger partial charge in [0.15, 0.2) is 11.6 Å². The first kappa shape index (κ1) is 23.3. The van der Waals surface area contributed by atoms with E-state index in [1.165, 1.54) is 0 Å². The fraction of sp³-hybridized carbons (Fsp3) is 0.290. The van der Waals surface area contributed by atoms with E-state index < -0.39 is 28.8 Å². The highest BCUT2D eigenvalue weighted by Crippen LogP contribution is 2.58. The number of benzene rings is 2. The number of fused-ring (bicyclic) bond motifs is 6. The maximum Gasteiger partial charge on any atom is 0.238 e. The summed E-state index contributed by atoms with van der Waals surface area (Å²) >= 11 is 0. The van der Waals surface area contributed by atoms with Crippen LogP contribution in [0.1, 0.15) is 48.0 Å². The van der Waals surface area contributed by atoms with Crippen LogP contribution >= 0.6 is 0 Å². The molecule has 4 heterocycles. The number of para-hydroxylation sites is 1. The second-order valence-electron chi connectivity index (χ2n) is 11.3. The van der Waals surface area contributed by atoms with Crippen molar-refractivity contribution in [2.24, 2.45) is 11.3 Å². The molecule has 0 radical (unpaired) electrons. The summed E-state index contributed by atoms with van der Waals surface area (Å²) in [5.74, 6) is -1.61. The van der Waals surface area contributed by atoms with Gasteiger partial charge in [0.1, 0.15) is 17.2 Å². The topological polar surface area (TPSA) is 79.4 Å².